The molecule has 4 aromatic rings. The van der Waals surface area contributed by atoms with Crippen molar-refractivity contribution in [3.8, 4) is 11.1 Å². The molecule has 0 saturated carbocycles. The summed E-state index contributed by atoms with van der Waals surface area (Å²) in [4.78, 5) is 20.4. The lowest BCUT2D eigenvalue weighted by Crippen LogP contribution is -2.27. The first-order valence-electron chi connectivity index (χ1n) is 12.1. The summed E-state index contributed by atoms with van der Waals surface area (Å²) < 4.78 is 5.27. The minimum absolute atomic E-state index is 0.0895. The van der Waals surface area contributed by atoms with E-state index in [1.165, 1.54) is 7.11 Å². The number of nitrogens with zero attached hydrogens (tertiary/aromatic N) is 2. The summed E-state index contributed by atoms with van der Waals surface area (Å²) in [7, 11) is 1.42. The number of esters is 1. The smallest absolute Gasteiger partial charge is 0.357 e. The Morgan fingerprint density at radius 3 is 1.77 bits per heavy atom. The van der Waals surface area contributed by atoms with Gasteiger partial charge in [-0.2, -0.15) is 0 Å². The number of rotatable bonds is 8. The molecule has 1 aromatic heterocycles. The Bertz CT molecular complexity index is 1230. The van der Waals surface area contributed by atoms with E-state index < -0.39 is 5.97 Å². The van der Waals surface area contributed by atoms with E-state index in [1.807, 2.05) is 42.5 Å². The van der Waals surface area contributed by atoms with Crippen LogP contribution in [0.5, 0.6) is 0 Å². The first-order valence-corrected chi connectivity index (χ1v) is 12.1. The number of carbonyl (C=O) groups excluding carboxylic acids is 1. The van der Waals surface area contributed by atoms with Gasteiger partial charge in [0.05, 0.1) is 7.11 Å². The topological polar surface area (TPSA) is 42.4 Å². The van der Waals surface area contributed by atoms with Gasteiger partial charge in [0.15, 0.2) is 5.69 Å². The maximum atomic E-state index is 13.2. The average molecular weight is 465 g/mol. The van der Waals surface area contributed by atoms with Gasteiger partial charge in [0.25, 0.3) is 0 Å². The predicted molar refractivity (Wildman–Crippen MR) is 143 cm³/mol. The zero-order valence-corrected chi connectivity index (χ0v) is 20.9. The SMILES string of the molecule is CCN(CC)c1nc(C(=O)OC)c(-c2ccccc2)c(C(c2ccccc2)c2ccccc2)c1C. The molecule has 0 aliphatic heterocycles. The molecule has 0 bridgehead atoms. The molecule has 0 radical (unpaired) electrons. The average Bonchev–Trinajstić information content (AvgIpc) is 2.92. The van der Waals surface area contributed by atoms with Crippen molar-refractivity contribution in [1.82, 2.24) is 4.98 Å². The summed E-state index contributed by atoms with van der Waals surface area (Å²) in [6.45, 7) is 7.92. The van der Waals surface area contributed by atoms with E-state index in [9.17, 15) is 4.79 Å². The molecular formula is C31H32N2O2. The number of ether oxygens (including phenoxy) is 1. The van der Waals surface area contributed by atoms with Gasteiger partial charge < -0.3 is 9.64 Å². The Kier molecular flexibility index (Phi) is 7.61. The number of aromatic nitrogens is 1. The Hall–Kier alpha value is -3.92. The second kappa shape index (κ2) is 11.0. The highest BCUT2D eigenvalue weighted by Gasteiger charge is 2.30. The highest BCUT2D eigenvalue weighted by atomic mass is 16.5. The minimum Gasteiger partial charge on any atom is -0.464 e. The number of anilines is 1. The lowest BCUT2D eigenvalue weighted by molar-refractivity contribution is 0.0595. The standard InChI is InChI=1S/C31H32N2O2/c1-5-33(6-2)30-22(3)26(27(23-16-10-7-11-17-23)24-18-12-8-13-19-24)28(25-20-14-9-15-21-25)29(32-30)31(34)35-4/h7-21,27H,5-6H2,1-4H3. The molecule has 0 unspecified atom stereocenters. The molecule has 4 rings (SSSR count). The summed E-state index contributed by atoms with van der Waals surface area (Å²) in [5.41, 5.74) is 6.57. The Morgan fingerprint density at radius 2 is 1.31 bits per heavy atom. The second-order valence-electron chi connectivity index (χ2n) is 8.48. The molecule has 0 aliphatic rings. The van der Waals surface area contributed by atoms with Crippen LogP contribution in [-0.2, 0) is 4.74 Å². The van der Waals surface area contributed by atoms with Gasteiger partial charge in [0.1, 0.15) is 5.82 Å². The molecule has 0 saturated heterocycles. The van der Waals surface area contributed by atoms with Crippen LogP contribution in [0.2, 0.25) is 0 Å². The molecule has 0 N–H and O–H groups in total. The van der Waals surface area contributed by atoms with E-state index in [0.29, 0.717) is 5.69 Å². The summed E-state index contributed by atoms with van der Waals surface area (Å²) >= 11 is 0. The summed E-state index contributed by atoms with van der Waals surface area (Å²) in [6, 6.07) is 31.0. The fraction of sp³-hybridized carbons (Fsp3) is 0.226. The van der Waals surface area contributed by atoms with Gasteiger partial charge in [0.2, 0.25) is 0 Å². The molecule has 4 heteroatoms. The summed E-state index contributed by atoms with van der Waals surface area (Å²) in [6.07, 6.45) is 0. The molecule has 178 valence electrons. The van der Waals surface area contributed by atoms with Crippen molar-refractivity contribution in [3.63, 3.8) is 0 Å². The van der Waals surface area contributed by atoms with Crippen LogP contribution < -0.4 is 4.90 Å². The number of carbonyl (C=O) groups is 1. The fourth-order valence-corrected chi connectivity index (χ4v) is 4.83. The molecule has 3 aromatic carbocycles. The second-order valence-corrected chi connectivity index (χ2v) is 8.48. The maximum Gasteiger partial charge on any atom is 0.357 e. The number of benzene rings is 3. The normalized spacial score (nSPS) is 10.9. The zero-order valence-electron chi connectivity index (χ0n) is 20.9. The third-order valence-corrected chi connectivity index (χ3v) is 6.52. The number of hydrogen-bond acceptors (Lipinski definition) is 4. The van der Waals surface area contributed by atoms with Crippen LogP contribution in [0.25, 0.3) is 11.1 Å². The van der Waals surface area contributed by atoms with Crippen LogP contribution in [0.15, 0.2) is 91.0 Å². The van der Waals surface area contributed by atoms with Crippen LogP contribution in [0.3, 0.4) is 0 Å². The minimum atomic E-state index is -0.432. The number of pyridine rings is 1. The van der Waals surface area contributed by atoms with Gasteiger partial charge in [-0.3, -0.25) is 0 Å². The number of hydrogen-bond donors (Lipinski definition) is 0. The van der Waals surface area contributed by atoms with Crippen molar-refractivity contribution in [2.75, 3.05) is 25.1 Å². The van der Waals surface area contributed by atoms with Gasteiger partial charge in [-0.1, -0.05) is 91.0 Å². The highest BCUT2D eigenvalue weighted by molar-refractivity contribution is 5.98. The van der Waals surface area contributed by atoms with E-state index in [-0.39, 0.29) is 5.92 Å². The van der Waals surface area contributed by atoms with Crippen LogP contribution in [-0.4, -0.2) is 31.2 Å². The van der Waals surface area contributed by atoms with E-state index in [2.05, 4.69) is 74.2 Å². The van der Waals surface area contributed by atoms with E-state index in [4.69, 9.17) is 9.72 Å². The van der Waals surface area contributed by atoms with Crippen LogP contribution in [0.4, 0.5) is 5.82 Å². The molecule has 0 atom stereocenters. The molecule has 0 amide bonds. The van der Waals surface area contributed by atoms with Crippen molar-refractivity contribution in [2.24, 2.45) is 0 Å². The lowest BCUT2D eigenvalue weighted by Gasteiger charge is -2.30. The van der Waals surface area contributed by atoms with Gasteiger partial charge in [-0.25, -0.2) is 9.78 Å². The van der Waals surface area contributed by atoms with Crippen molar-refractivity contribution in [2.45, 2.75) is 26.7 Å². The monoisotopic (exact) mass is 464 g/mol. The maximum absolute atomic E-state index is 13.2. The molecule has 1 heterocycles. The van der Waals surface area contributed by atoms with Crippen molar-refractivity contribution in [1.29, 1.82) is 0 Å². The van der Waals surface area contributed by atoms with Crippen molar-refractivity contribution < 1.29 is 9.53 Å². The van der Waals surface area contributed by atoms with Crippen molar-refractivity contribution >= 4 is 11.8 Å². The molecular weight excluding hydrogens is 432 g/mol. The van der Waals surface area contributed by atoms with Gasteiger partial charge in [-0.05, 0) is 48.6 Å². The quantitative estimate of drug-likeness (QED) is 0.267. The fourth-order valence-electron chi connectivity index (χ4n) is 4.83. The molecule has 0 aliphatic carbocycles. The summed E-state index contributed by atoms with van der Waals surface area (Å²) in [5, 5.41) is 0. The largest absolute Gasteiger partial charge is 0.464 e. The molecule has 0 spiro atoms. The highest BCUT2D eigenvalue weighted by Crippen LogP contribution is 2.43. The van der Waals surface area contributed by atoms with Crippen LogP contribution in [0.1, 0.15) is 52.5 Å². The zero-order chi connectivity index (χ0) is 24.8. The third kappa shape index (κ3) is 4.83. The Morgan fingerprint density at radius 1 is 0.829 bits per heavy atom. The Labute approximate surface area is 208 Å². The summed E-state index contributed by atoms with van der Waals surface area (Å²) in [5.74, 6) is 0.300. The molecule has 35 heavy (non-hydrogen) atoms. The Balaban J connectivity index is 2.17. The van der Waals surface area contributed by atoms with Crippen LogP contribution >= 0.6 is 0 Å². The number of methoxy groups -OCH3 is 1. The van der Waals surface area contributed by atoms with Gasteiger partial charge >= 0.3 is 5.97 Å². The van der Waals surface area contributed by atoms with E-state index in [1.54, 1.807) is 0 Å². The first kappa shape index (κ1) is 24.2. The predicted octanol–water partition coefficient (Wildman–Crippen LogP) is 6.87. The van der Waals surface area contributed by atoms with Gasteiger partial charge in [0, 0.05) is 24.6 Å². The van der Waals surface area contributed by atoms with Gasteiger partial charge in [-0.15, -0.1) is 0 Å². The first-order chi connectivity index (χ1) is 17.1. The van der Waals surface area contributed by atoms with E-state index in [0.717, 1.165) is 52.3 Å². The molecule has 0 fully saturated rings. The van der Waals surface area contributed by atoms with Crippen molar-refractivity contribution in [3.05, 3.63) is 119 Å². The molecule has 4 nitrogen and oxygen atoms in total. The lowest BCUT2D eigenvalue weighted by atomic mass is 9.78. The van der Waals surface area contributed by atoms with E-state index >= 15 is 0 Å². The third-order valence-electron chi connectivity index (χ3n) is 6.52. The van der Waals surface area contributed by atoms with Crippen LogP contribution in [0, 0.1) is 6.92 Å².